The predicted octanol–water partition coefficient (Wildman–Crippen LogP) is 0.190. The van der Waals surface area contributed by atoms with Crippen molar-refractivity contribution in [2.45, 2.75) is 64.1 Å². The predicted molar refractivity (Wildman–Crippen MR) is 85.8 cm³/mol. The van der Waals surface area contributed by atoms with E-state index >= 15 is 0 Å². The Bertz CT molecular complexity index is 646. The molecule has 1 aromatic heterocycles. The molecule has 3 rings (SSSR count). The number of aliphatic hydroxyl groups excluding tert-OH is 1. The lowest BCUT2D eigenvalue weighted by atomic mass is 9.85. The van der Waals surface area contributed by atoms with Gasteiger partial charge in [-0.2, -0.15) is 0 Å². The lowest BCUT2D eigenvalue weighted by molar-refractivity contribution is -0.143. The Kier molecular flexibility index (Phi) is 4.11. The normalized spacial score (nSPS) is 25.8. The average molecular weight is 335 g/mol. The van der Waals surface area contributed by atoms with Crippen molar-refractivity contribution in [3.05, 3.63) is 11.9 Å². The van der Waals surface area contributed by atoms with E-state index < -0.39 is 29.5 Å². The minimum absolute atomic E-state index is 0.114. The van der Waals surface area contributed by atoms with Gasteiger partial charge in [0, 0.05) is 25.1 Å². The topological polar surface area (TPSA) is 114 Å². The first kappa shape index (κ1) is 16.9. The number of amides is 2. The zero-order valence-corrected chi connectivity index (χ0v) is 14.3. The monoisotopic (exact) mass is 335 g/mol. The van der Waals surface area contributed by atoms with Gasteiger partial charge in [0.15, 0.2) is 0 Å². The molecule has 132 valence electrons. The molecule has 3 N–H and O–H groups in total. The Morgan fingerprint density at radius 3 is 2.58 bits per heavy atom. The van der Waals surface area contributed by atoms with Crippen LogP contribution in [0.25, 0.3) is 0 Å². The summed E-state index contributed by atoms with van der Waals surface area (Å²) in [4.78, 5) is 26.2. The summed E-state index contributed by atoms with van der Waals surface area (Å²) in [6.07, 6.45) is 3.49. The maximum atomic E-state index is 13.2. The summed E-state index contributed by atoms with van der Waals surface area (Å²) in [6.45, 7) is 5.95. The summed E-state index contributed by atoms with van der Waals surface area (Å²) in [7, 11) is 0. The highest BCUT2D eigenvalue weighted by molar-refractivity contribution is 5.89. The number of hydrogen-bond acceptors (Lipinski definition) is 5. The number of nitrogens with two attached hydrogens (primary N) is 1. The molecule has 1 saturated heterocycles. The molecule has 0 radical (unpaired) electrons. The van der Waals surface area contributed by atoms with Crippen LogP contribution < -0.4 is 5.73 Å². The molecule has 0 bridgehead atoms. The fourth-order valence-electron chi connectivity index (χ4n) is 3.35. The molecule has 1 aliphatic heterocycles. The fourth-order valence-corrected chi connectivity index (χ4v) is 3.35. The summed E-state index contributed by atoms with van der Waals surface area (Å²) in [5.74, 6) is -0.402. The van der Waals surface area contributed by atoms with Crippen molar-refractivity contribution in [3.8, 4) is 0 Å². The largest absolute Gasteiger partial charge is 0.391 e. The van der Waals surface area contributed by atoms with E-state index in [0.29, 0.717) is 5.92 Å². The third-order valence-corrected chi connectivity index (χ3v) is 4.73. The first-order valence-corrected chi connectivity index (χ1v) is 8.38. The highest BCUT2D eigenvalue weighted by Crippen LogP contribution is 2.40. The number of β-amino-alcohol motifs (C(OH)–C–C–N with tert-alkyl or cyclic N) is 1. The van der Waals surface area contributed by atoms with Crippen LogP contribution in [-0.2, 0) is 9.59 Å². The van der Waals surface area contributed by atoms with E-state index in [0.717, 1.165) is 18.5 Å². The highest BCUT2D eigenvalue weighted by atomic mass is 16.3. The van der Waals surface area contributed by atoms with Crippen LogP contribution >= 0.6 is 0 Å². The fraction of sp³-hybridized carbons (Fsp3) is 0.750. The number of nitrogens with zero attached hydrogens (tertiary/aromatic N) is 4. The third-order valence-electron chi connectivity index (χ3n) is 4.73. The van der Waals surface area contributed by atoms with Gasteiger partial charge in [-0.15, -0.1) is 5.10 Å². The minimum atomic E-state index is -0.774. The number of aliphatic hydroxyl groups is 1. The molecular formula is C16H25N5O3. The Morgan fingerprint density at radius 2 is 2.04 bits per heavy atom. The van der Waals surface area contributed by atoms with Crippen molar-refractivity contribution in [1.29, 1.82) is 0 Å². The molecule has 2 fully saturated rings. The second-order valence-electron chi connectivity index (χ2n) is 7.96. The van der Waals surface area contributed by atoms with E-state index in [1.165, 1.54) is 4.90 Å². The van der Waals surface area contributed by atoms with Crippen LogP contribution in [0.5, 0.6) is 0 Å². The molecule has 0 unspecified atom stereocenters. The maximum Gasteiger partial charge on any atom is 0.248 e. The summed E-state index contributed by atoms with van der Waals surface area (Å²) in [5.41, 5.74) is 5.89. The third kappa shape index (κ3) is 3.15. The van der Waals surface area contributed by atoms with Crippen LogP contribution in [0, 0.1) is 5.41 Å². The van der Waals surface area contributed by atoms with Crippen LogP contribution in [0.4, 0.5) is 0 Å². The molecular weight excluding hydrogens is 310 g/mol. The molecule has 24 heavy (non-hydrogen) atoms. The quantitative estimate of drug-likeness (QED) is 0.815. The van der Waals surface area contributed by atoms with E-state index in [-0.39, 0.29) is 18.9 Å². The van der Waals surface area contributed by atoms with E-state index in [9.17, 15) is 14.7 Å². The first-order valence-electron chi connectivity index (χ1n) is 8.38. The van der Waals surface area contributed by atoms with Crippen molar-refractivity contribution in [2.24, 2.45) is 11.1 Å². The molecule has 2 aliphatic rings. The van der Waals surface area contributed by atoms with Gasteiger partial charge < -0.3 is 15.7 Å². The van der Waals surface area contributed by atoms with Crippen molar-refractivity contribution in [1.82, 2.24) is 19.9 Å². The summed E-state index contributed by atoms with van der Waals surface area (Å²) in [6, 6.07) is -1.38. The number of primary amides is 1. The smallest absolute Gasteiger partial charge is 0.248 e. The van der Waals surface area contributed by atoms with Crippen LogP contribution in [0.1, 0.15) is 57.7 Å². The number of likely N-dealkylation sites (tertiary alicyclic amines) is 1. The second-order valence-corrected chi connectivity index (χ2v) is 7.96. The molecule has 2 heterocycles. The second kappa shape index (κ2) is 5.84. The van der Waals surface area contributed by atoms with E-state index in [2.05, 4.69) is 10.3 Å². The van der Waals surface area contributed by atoms with E-state index in [1.807, 2.05) is 27.0 Å². The van der Waals surface area contributed by atoms with Gasteiger partial charge in [-0.1, -0.05) is 26.0 Å². The van der Waals surface area contributed by atoms with Gasteiger partial charge >= 0.3 is 0 Å². The SMILES string of the molecule is CC(C)(C)[C@@H](C(=O)N1C[C@H](O)C[C@H]1C(N)=O)n1cc(C2CC2)nn1. The zero-order valence-electron chi connectivity index (χ0n) is 14.3. The van der Waals surface area contributed by atoms with Crippen molar-refractivity contribution >= 4 is 11.8 Å². The van der Waals surface area contributed by atoms with Gasteiger partial charge in [-0.05, 0) is 18.3 Å². The number of carbonyl (C=O) groups is 2. The molecule has 2 amide bonds. The molecule has 3 atom stereocenters. The summed E-state index contributed by atoms with van der Waals surface area (Å²) >= 11 is 0. The van der Waals surface area contributed by atoms with Crippen LogP contribution in [-0.4, -0.2) is 55.5 Å². The van der Waals surface area contributed by atoms with Crippen LogP contribution in [0.2, 0.25) is 0 Å². The number of hydrogen-bond donors (Lipinski definition) is 2. The van der Waals surface area contributed by atoms with Gasteiger partial charge in [0.05, 0.1) is 11.8 Å². The Hall–Kier alpha value is -1.96. The molecule has 0 aromatic carbocycles. The molecule has 8 nitrogen and oxygen atoms in total. The van der Waals surface area contributed by atoms with Crippen molar-refractivity contribution in [2.75, 3.05) is 6.54 Å². The zero-order chi connectivity index (χ0) is 17.6. The number of aromatic nitrogens is 3. The Labute approximate surface area is 141 Å². The van der Waals surface area contributed by atoms with Gasteiger partial charge in [0.25, 0.3) is 0 Å². The van der Waals surface area contributed by atoms with Crippen LogP contribution in [0.3, 0.4) is 0 Å². The number of carbonyl (C=O) groups excluding carboxylic acids is 2. The van der Waals surface area contributed by atoms with Gasteiger partial charge in [-0.25, -0.2) is 4.68 Å². The Balaban J connectivity index is 1.90. The average Bonchev–Trinajstić information content (AvgIpc) is 3.07. The van der Waals surface area contributed by atoms with Crippen molar-refractivity contribution in [3.63, 3.8) is 0 Å². The van der Waals surface area contributed by atoms with Crippen molar-refractivity contribution < 1.29 is 14.7 Å². The first-order chi connectivity index (χ1) is 11.2. The number of rotatable bonds is 4. The summed E-state index contributed by atoms with van der Waals surface area (Å²) < 4.78 is 1.60. The lowest BCUT2D eigenvalue weighted by Gasteiger charge is -2.34. The molecule has 1 aromatic rings. The van der Waals surface area contributed by atoms with E-state index in [4.69, 9.17) is 5.73 Å². The Morgan fingerprint density at radius 1 is 1.38 bits per heavy atom. The molecule has 0 spiro atoms. The minimum Gasteiger partial charge on any atom is -0.391 e. The maximum absolute atomic E-state index is 13.2. The molecule has 1 saturated carbocycles. The standard InChI is InChI=1S/C16H25N5O3/c1-16(2,3)13(21-8-11(18-19-21)9-4-5-9)15(24)20-7-10(22)6-12(20)14(17)23/h8-10,12-13,22H,4-7H2,1-3H3,(H2,17,23)/t10-,12+,13-/m1/s1. The van der Waals surface area contributed by atoms with Gasteiger partial charge in [0.1, 0.15) is 12.1 Å². The van der Waals surface area contributed by atoms with Gasteiger partial charge in [0.2, 0.25) is 11.8 Å². The van der Waals surface area contributed by atoms with Gasteiger partial charge in [-0.3, -0.25) is 9.59 Å². The highest BCUT2D eigenvalue weighted by Gasteiger charge is 2.44. The molecule has 8 heteroatoms. The van der Waals surface area contributed by atoms with E-state index in [1.54, 1.807) is 4.68 Å². The lowest BCUT2D eigenvalue weighted by Crippen LogP contribution is -2.49. The molecule has 1 aliphatic carbocycles. The van der Waals surface area contributed by atoms with Crippen LogP contribution in [0.15, 0.2) is 6.20 Å². The summed E-state index contributed by atoms with van der Waals surface area (Å²) in [5, 5.41) is 18.2.